The third-order valence-corrected chi connectivity index (χ3v) is 5.59. The van der Waals surface area contributed by atoms with Gasteiger partial charge in [0.25, 0.3) is 11.6 Å². The molecule has 1 amide bonds. The van der Waals surface area contributed by atoms with Gasteiger partial charge in [-0.05, 0) is 54.5 Å². The number of rotatable bonds is 9. The van der Waals surface area contributed by atoms with E-state index in [4.69, 9.17) is 21.1 Å². The summed E-state index contributed by atoms with van der Waals surface area (Å²) >= 11 is 9.38. The molecular weight excluding hydrogens is 538 g/mol. The molecule has 178 valence electrons. The van der Waals surface area contributed by atoms with Crippen LogP contribution in [-0.4, -0.2) is 17.4 Å². The fourth-order valence-electron chi connectivity index (χ4n) is 2.98. The summed E-state index contributed by atoms with van der Waals surface area (Å²) in [7, 11) is 0. The van der Waals surface area contributed by atoms with E-state index < -0.39 is 10.8 Å². The second-order valence-corrected chi connectivity index (χ2v) is 8.39. The Morgan fingerprint density at radius 3 is 2.54 bits per heavy atom. The van der Waals surface area contributed by atoms with Gasteiger partial charge in [-0.1, -0.05) is 45.7 Å². The summed E-state index contributed by atoms with van der Waals surface area (Å²) in [6.45, 7) is 2.49. The smallest absolute Gasteiger partial charge is 0.271 e. The van der Waals surface area contributed by atoms with Crippen molar-refractivity contribution in [3.05, 3.63) is 97.0 Å². The Balaban J connectivity index is 1.84. The molecule has 0 heterocycles. The van der Waals surface area contributed by atoms with Crippen molar-refractivity contribution in [3.8, 4) is 17.6 Å². The van der Waals surface area contributed by atoms with Gasteiger partial charge in [-0.2, -0.15) is 5.26 Å². The highest BCUT2D eigenvalue weighted by Crippen LogP contribution is 2.35. The molecule has 0 fully saturated rings. The minimum absolute atomic E-state index is 0.177. The van der Waals surface area contributed by atoms with Crippen LogP contribution in [0, 0.1) is 21.4 Å². The number of carbonyl (C=O) groups excluding carboxylic acids is 1. The molecule has 3 aromatic carbocycles. The Morgan fingerprint density at radius 2 is 1.89 bits per heavy atom. The number of halogens is 2. The molecule has 3 aromatic rings. The van der Waals surface area contributed by atoms with Gasteiger partial charge in [-0.25, -0.2) is 0 Å². The Kier molecular flexibility index (Phi) is 8.84. The summed E-state index contributed by atoms with van der Waals surface area (Å²) in [6, 6.07) is 17.9. The standard InChI is InChI=1S/C25H19BrClN3O5/c1-2-34-23-11-17(22(26)13-24(23)35-15-16-6-8-19(27)9-7-16)10-18(14-28)25(31)29-20-4-3-5-21(12-20)30(32)33/h3-13H,2,15H2,1H3,(H,29,31)/b18-10+. The molecule has 0 unspecified atom stereocenters. The monoisotopic (exact) mass is 555 g/mol. The summed E-state index contributed by atoms with van der Waals surface area (Å²) in [5.41, 5.74) is 1.25. The molecule has 0 saturated heterocycles. The number of nitriles is 1. The normalized spacial score (nSPS) is 10.9. The first kappa shape index (κ1) is 25.7. The molecule has 35 heavy (non-hydrogen) atoms. The number of hydrogen-bond acceptors (Lipinski definition) is 6. The van der Waals surface area contributed by atoms with Crippen LogP contribution in [0.4, 0.5) is 11.4 Å². The first-order chi connectivity index (χ1) is 16.8. The molecule has 0 aromatic heterocycles. The number of hydrogen-bond donors (Lipinski definition) is 1. The van der Waals surface area contributed by atoms with Crippen LogP contribution in [0.25, 0.3) is 6.08 Å². The van der Waals surface area contributed by atoms with Gasteiger partial charge < -0.3 is 14.8 Å². The SMILES string of the molecule is CCOc1cc(/C=C(\C#N)C(=O)Nc2cccc([N+](=O)[O-])c2)c(Br)cc1OCc1ccc(Cl)cc1. The number of carbonyl (C=O) groups is 1. The minimum atomic E-state index is -0.707. The summed E-state index contributed by atoms with van der Waals surface area (Å²) in [5.74, 6) is 0.207. The Morgan fingerprint density at radius 1 is 1.17 bits per heavy atom. The fourth-order valence-corrected chi connectivity index (χ4v) is 3.55. The second-order valence-electron chi connectivity index (χ2n) is 7.10. The van der Waals surface area contributed by atoms with Gasteiger partial charge in [0.1, 0.15) is 18.2 Å². The summed E-state index contributed by atoms with van der Waals surface area (Å²) in [5, 5.41) is 23.7. The Hall–Kier alpha value is -3.87. The lowest BCUT2D eigenvalue weighted by Gasteiger charge is -2.14. The van der Waals surface area contributed by atoms with Crippen LogP contribution in [-0.2, 0) is 11.4 Å². The van der Waals surface area contributed by atoms with E-state index in [2.05, 4.69) is 21.2 Å². The lowest BCUT2D eigenvalue weighted by Crippen LogP contribution is -2.13. The second kappa shape index (κ2) is 12.0. The van der Waals surface area contributed by atoms with Crippen molar-refractivity contribution in [2.24, 2.45) is 0 Å². The van der Waals surface area contributed by atoms with Crippen molar-refractivity contribution < 1.29 is 19.2 Å². The first-order valence-electron chi connectivity index (χ1n) is 10.3. The average molecular weight is 557 g/mol. The predicted molar refractivity (Wildman–Crippen MR) is 136 cm³/mol. The molecule has 1 N–H and O–H groups in total. The molecule has 8 nitrogen and oxygen atoms in total. The maximum atomic E-state index is 12.6. The lowest BCUT2D eigenvalue weighted by atomic mass is 10.1. The zero-order valence-electron chi connectivity index (χ0n) is 18.5. The number of anilines is 1. The molecule has 0 radical (unpaired) electrons. The molecule has 0 atom stereocenters. The van der Waals surface area contributed by atoms with Crippen LogP contribution in [0.1, 0.15) is 18.1 Å². The molecule has 10 heteroatoms. The highest BCUT2D eigenvalue weighted by atomic mass is 79.9. The van der Waals surface area contributed by atoms with E-state index in [0.717, 1.165) is 5.56 Å². The Labute approximate surface area is 215 Å². The highest BCUT2D eigenvalue weighted by molar-refractivity contribution is 9.10. The number of nitrogens with zero attached hydrogens (tertiary/aromatic N) is 2. The summed E-state index contributed by atoms with van der Waals surface area (Å²) < 4.78 is 12.2. The lowest BCUT2D eigenvalue weighted by molar-refractivity contribution is -0.384. The predicted octanol–water partition coefficient (Wildman–Crippen LogP) is 6.53. The number of non-ortho nitro benzene ring substituents is 1. The van der Waals surface area contributed by atoms with Crippen LogP contribution < -0.4 is 14.8 Å². The van der Waals surface area contributed by atoms with Crippen LogP contribution in [0.5, 0.6) is 11.5 Å². The molecule has 0 saturated carbocycles. The molecule has 0 aliphatic carbocycles. The largest absolute Gasteiger partial charge is 0.490 e. The molecule has 0 spiro atoms. The van der Waals surface area contributed by atoms with Gasteiger partial charge in [0.05, 0.1) is 11.5 Å². The number of ether oxygens (including phenoxy) is 2. The maximum Gasteiger partial charge on any atom is 0.271 e. The number of nitrogens with one attached hydrogen (secondary N) is 1. The summed E-state index contributed by atoms with van der Waals surface area (Å²) in [4.78, 5) is 23.0. The van der Waals surface area contributed by atoms with Gasteiger partial charge in [0.15, 0.2) is 11.5 Å². The first-order valence-corrected chi connectivity index (χ1v) is 11.5. The number of benzene rings is 3. The number of nitro groups is 1. The van der Waals surface area contributed by atoms with Crippen molar-refractivity contribution in [2.75, 3.05) is 11.9 Å². The van der Waals surface area contributed by atoms with Gasteiger partial charge in [-0.15, -0.1) is 0 Å². The van der Waals surface area contributed by atoms with Crippen molar-refractivity contribution in [2.45, 2.75) is 13.5 Å². The van der Waals surface area contributed by atoms with E-state index in [1.165, 1.54) is 30.3 Å². The fraction of sp³-hybridized carbons (Fsp3) is 0.120. The van der Waals surface area contributed by atoms with Crippen molar-refractivity contribution >= 4 is 50.9 Å². The Bertz CT molecular complexity index is 1320. The van der Waals surface area contributed by atoms with Crippen LogP contribution >= 0.6 is 27.5 Å². The molecule has 0 aliphatic rings. The number of amides is 1. The van der Waals surface area contributed by atoms with E-state index in [9.17, 15) is 20.2 Å². The van der Waals surface area contributed by atoms with Crippen LogP contribution in [0.2, 0.25) is 5.02 Å². The van der Waals surface area contributed by atoms with E-state index in [1.807, 2.05) is 25.1 Å². The zero-order chi connectivity index (χ0) is 25.4. The van der Waals surface area contributed by atoms with Crippen molar-refractivity contribution in [1.82, 2.24) is 0 Å². The average Bonchev–Trinajstić information content (AvgIpc) is 2.84. The van der Waals surface area contributed by atoms with E-state index in [-0.39, 0.29) is 23.6 Å². The molecule has 3 rings (SSSR count). The summed E-state index contributed by atoms with van der Waals surface area (Å²) in [6.07, 6.45) is 1.39. The third kappa shape index (κ3) is 7.06. The maximum absolute atomic E-state index is 12.6. The minimum Gasteiger partial charge on any atom is -0.490 e. The van der Waals surface area contributed by atoms with Gasteiger partial charge in [-0.3, -0.25) is 14.9 Å². The van der Waals surface area contributed by atoms with Crippen LogP contribution in [0.3, 0.4) is 0 Å². The van der Waals surface area contributed by atoms with Gasteiger partial charge in [0.2, 0.25) is 0 Å². The van der Waals surface area contributed by atoms with E-state index in [0.29, 0.717) is 33.2 Å². The van der Waals surface area contributed by atoms with E-state index in [1.54, 1.807) is 24.3 Å². The highest BCUT2D eigenvalue weighted by Gasteiger charge is 2.15. The quantitative estimate of drug-likeness (QED) is 0.139. The topological polar surface area (TPSA) is 114 Å². The molecular formula is C25H19BrClN3O5. The van der Waals surface area contributed by atoms with Crippen LogP contribution in [0.15, 0.2) is 70.7 Å². The van der Waals surface area contributed by atoms with Gasteiger partial charge >= 0.3 is 0 Å². The molecule has 0 bridgehead atoms. The van der Waals surface area contributed by atoms with Gasteiger partial charge in [0, 0.05) is 27.3 Å². The van der Waals surface area contributed by atoms with Crippen molar-refractivity contribution in [3.63, 3.8) is 0 Å². The third-order valence-electron chi connectivity index (χ3n) is 4.65. The zero-order valence-corrected chi connectivity index (χ0v) is 20.8. The molecule has 0 aliphatic heterocycles. The van der Waals surface area contributed by atoms with Crippen molar-refractivity contribution in [1.29, 1.82) is 5.26 Å². The van der Waals surface area contributed by atoms with E-state index >= 15 is 0 Å². The number of nitro benzene ring substituents is 1.